The van der Waals surface area contributed by atoms with Crippen molar-refractivity contribution in [3.63, 3.8) is 0 Å². The van der Waals surface area contributed by atoms with Gasteiger partial charge in [-0.2, -0.15) is 0 Å². The van der Waals surface area contributed by atoms with Crippen molar-refractivity contribution in [2.75, 3.05) is 33.7 Å². The smallest absolute Gasteiger partial charge is 0.220 e. The van der Waals surface area contributed by atoms with E-state index in [0.717, 1.165) is 50.4 Å². The molecule has 2 N–H and O–H groups in total. The highest BCUT2D eigenvalue weighted by Crippen LogP contribution is 2.20. The number of nitrogens with one attached hydrogen (secondary N) is 2. The minimum atomic E-state index is -0.206. The highest BCUT2D eigenvalue weighted by Gasteiger charge is 2.22. The van der Waals surface area contributed by atoms with Crippen LogP contribution in [0.1, 0.15) is 24.8 Å². The first kappa shape index (κ1) is 21.7. The maximum absolute atomic E-state index is 12.9. The number of aliphatic imine (C=N–C) groups is 1. The number of hydrogen-bond acceptors (Lipinski definition) is 2. The van der Waals surface area contributed by atoms with Crippen LogP contribution in [0.25, 0.3) is 0 Å². The zero-order valence-electron chi connectivity index (χ0n) is 14.9. The molecule has 1 aliphatic heterocycles. The van der Waals surface area contributed by atoms with E-state index in [2.05, 4.69) is 20.5 Å². The molecule has 1 aliphatic rings. The van der Waals surface area contributed by atoms with Gasteiger partial charge in [-0.1, -0.05) is 12.1 Å². The van der Waals surface area contributed by atoms with E-state index in [4.69, 9.17) is 0 Å². The number of carbonyl (C=O) groups is 1. The van der Waals surface area contributed by atoms with Gasteiger partial charge in [-0.25, -0.2) is 4.39 Å². The fourth-order valence-electron chi connectivity index (χ4n) is 3.02. The fraction of sp³-hybridized carbons (Fsp3) is 0.556. The Bertz CT molecular complexity index is 557. The average molecular weight is 462 g/mol. The molecule has 0 atom stereocenters. The van der Waals surface area contributed by atoms with E-state index in [1.165, 1.54) is 12.1 Å². The number of hydrogen-bond donors (Lipinski definition) is 2. The zero-order valence-corrected chi connectivity index (χ0v) is 17.3. The van der Waals surface area contributed by atoms with E-state index in [1.54, 1.807) is 14.1 Å². The third-order valence-corrected chi connectivity index (χ3v) is 4.49. The predicted molar refractivity (Wildman–Crippen MR) is 110 cm³/mol. The van der Waals surface area contributed by atoms with Gasteiger partial charge >= 0.3 is 0 Å². The van der Waals surface area contributed by atoms with Crippen molar-refractivity contribution < 1.29 is 9.18 Å². The SMILES string of the molecule is CN=C(NCCc1ccc(F)cc1)N1CCC(CC(=O)NC)CC1.I. The second-order valence-corrected chi connectivity index (χ2v) is 6.16. The van der Waals surface area contributed by atoms with Crippen molar-refractivity contribution in [1.82, 2.24) is 15.5 Å². The highest BCUT2D eigenvalue weighted by molar-refractivity contribution is 14.0. The number of carbonyl (C=O) groups excluding carboxylic acids is 1. The third kappa shape index (κ3) is 7.17. The lowest BCUT2D eigenvalue weighted by Crippen LogP contribution is -2.46. The van der Waals surface area contributed by atoms with Crippen molar-refractivity contribution in [3.05, 3.63) is 35.6 Å². The molecule has 2 rings (SSSR count). The molecule has 0 saturated carbocycles. The van der Waals surface area contributed by atoms with Gasteiger partial charge in [0.25, 0.3) is 0 Å². The fourth-order valence-corrected chi connectivity index (χ4v) is 3.02. The molecule has 1 aromatic carbocycles. The summed E-state index contributed by atoms with van der Waals surface area (Å²) in [5.74, 6) is 1.27. The molecule has 140 valence electrons. The standard InChI is InChI=1S/C18H27FN4O.HI/c1-20-17(24)13-15-8-11-23(12-9-15)18(21-2)22-10-7-14-3-5-16(19)6-4-14;/h3-6,15H,7-13H2,1-2H3,(H,20,24)(H,21,22);1H. The van der Waals surface area contributed by atoms with E-state index < -0.39 is 0 Å². The van der Waals surface area contributed by atoms with E-state index >= 15 is 0 Å². The highest BCUT2D eigenvalue weighted by atomic mass is 127. The molecule has 5 nitrogen and oxygen atoms in total. The Kier molecular flexibility index (Phi) is 9.77. The molecule has 1 saturated heterocycles. The summed E-state index contributed by atoms with van der Waals surface area (Å²) in [7, 11) is 3.47. The van der Waals surface area contributed by atoms with Gasteiger partial charge < -0.3 is 15.5 Å². The third-order valence-electron chi connectivity index (χ3n) is 4.49. The van der Waals surface area contributed by atoms with Crippen LogP contribution in [0, 0.1) is 11.7 Å². The van der Waals surface area contributed by atoms with Gasteiger partial charge in [0.15, 0.2) is 5.96 Å². The summed E-state index contributed by atoms with van der Waals surface area (Å²) >= 11 is 0. The minimum absolute atomic E-state index is 0. The number of rotatable bonds is 5. The van der Waals surface area contributed by atoms with Gasteiger partial charge in [0.1, 0.15) is 5.82 Å². The molecule has 7 heteroatoms. The molecule has 1 amide bonds. The summed E-state index contributed by atoms with van der Waals surface area (Å²) in [4.78, 5) is 18.1. The van der Waals surface area contributed by atoms with Crippen LogP contribution < -0.4 is 10.6 Å². The second kappa shape index (κ2) is 11.3. The van der Waals surface area contributed by atoms with Gasteiger partial charge in [-0.15, -0.1) is 24.0 Å². The van der Waals surface area contributed by atoms with Crippen LogP contribution in [0.5, 0.6) is 0 Å². The Morgan fingerprint density at radius 1 is 1.28 bits per heavy atom. The lowest BCUT2D eigenvalue weighted by molar-refractivity contribution is -0.121. The van der Waals surface area contributed by atoms with Crippen molar-refractivity contribution in [3.8, 4) is 0 Å². The van der Waals surface area contributed by atoms with Crippen LogP contribution in [-0.2, 0) is 11.2 Å². The summed E-state index contributed by atoms with van der Waals surface area (Å²) in [6.45, 7) is 2.59. The molecule has 0 aliphatic carbocycles. The molecule has 25 heavy (non-hydrogen) atoms. The van der Waals surface area contributed by atoms with Crippen LogP contribution in [-0.4, -0.2) is 50.5 Å². The van der Waals surface area contributed by atoms with Gasteiger partial charge in [0, 0.05) is 40.2 Å². The molecule has 0 aromatic heterocycles. The molecule has 1 fully saturated rings. The first-order valence-corrected chi connectivity index (χ1v) is 8.53. The summed E-state index contributed by atoms with van der Waals surface area (Å²) in [5.41, 5.74) is 1.10. The van der Waals surface area contributed by atoms with Crippen LogP contribution in [0.4, 0.5) is 4.39 Å². The molecule has 0 radical (unpaired) electrons. The largest absolute Gasteiger partial charge is 0.359 e. The van der Waals surface area contributed by atoms with Crippen molar-refractivity contribution in [2.24, 2.45) is 10.9 Å². The quantitative estimate of drug-likeness (QED) is 0.402. The van der Waals surface area contributed by atoms with Crippen LogP contribution in [0.3, 0.4) is 0 Å². The minimum Gasteiger partial charge on any atom is -0.359 e. The van der Waals surface area contributed by atoms with Crippen molar-refractivity contribution in [2.45, 2.75) is 25.7 Å². The first-order chi connectivity index (χ1) is 11.6. The molecule has 1 aromatic rings. The van der Waals surface area contributed by atoms with Gasteiger partial charge in [0.2, 0.25) is 5.91 Å². The summed E-state index contributed by atoms with van der Waals surface area (Å²) in [6, 6.07) is 6.59. The van der Waals surface area contributed by atoms with Gasteiger partial charge in [-0.3, -0.25) is 9.79 Å². The van der Waals surface area contributed by atoms with E-state index in [1.807, 2.05) is 12.1 Å². The van der Waals surface area contributed by atoms with E-state index in [9.17, 15) is 9.18 Å². The topological polar surface area (TPSA) is 56.7 Å². The average Bonchev–Trinajstić information content (AvgIpc) is 2.61. The van der Waals surface area contributed by atoms with Crippen LogP contribution in [0.15, 0.2) is 29.3 Å². The lowest BCUT2D eigenvalue weighted by atomic mass is 9.93. The Hall–Kier alpha value is -1.38. The van der Waals surface area contributed by atoms with Crippen LogP contribution >= 0.6 is 24.0 Å². The maximum atomic E-state index is 12.9. The number of halogens is 2. The molecule has 0 spiro atoms. The Labute approximate surface area is 166 Å². The number of benzene rings is 1. The first-order valence-electron chi connectivity index (χ1n) is 8.53. The number of piperidine rings is 1. The number of nitrogens with zero attached hydrogens (tertiary/aromatic N) is 2. The Morgan fingerprint density at radius 3 is 2.48 bits per heavy atom. The monoisotopic (exact) mass is 462 g/mol. The van der Waals surface area contributed by atoms with Gasteiger partial charge in [-0.05, 0) is 42.9 Å². The Balaban J connectivity index is 0.00000312. The normalized spacial score (nSPS) is 15.5. The second-order valence-electron chi connectivity index (χ2n) is 6.16. The molecule has 1 heterocycles. The molecule has 0 bridgehead atoms. The van der Waals surface area contributed by atoms with Crippen LogP contribution in [0.2, 0.25) is 0 Å². The zero-order chi connectivity index (χ0) is 17.4. The summed E-state index contributed by atoms with van der Waals surface area (Å²) < 4.78 is 12.9. The number of guanidine groups is 1. The summed E-state index contributed by atoms with van der Waals surface area (Å²) in [6.07, 6.45) is 3.45. The van der Waals surface area contributed by atoms with Crippen molar-refractivity contribution >= 4 is 35.8 Å². The van der Waals surface area contributed by atoms with E-state index in [0.29, 0.717) is 12.3 Å². The van der Waals surface area contributed by atoms with Crippen molar-refractivity contribution in [1.29, 1.82) is 0 Å². The maximum Gasteiger partial charge on any atom is 0.220 e. The Morgan fingerprint density at radius 2 is 1.92 bits per heavy atom. The molecular formula is C18H28FIN4O. The molecular weight excluding hydrogens is 434 g/mol. The summed E-state index contributed by atoms with van der Waals surface area (Å²) in [5, 5.41) is 6.06. The van der Waals surface area contributed by atoms with Gasteiger partial charge in [0.05, 0.1) is 0 Å². The molecule has 0 unspecified atom stereocenters. The number of likely N-dealkylation sites (tertiary alicyclic amines) is 1. The number of amides is 1. The van der Waals surface area contributed by atoms with E-state index in [-0.39, 0.29) is 35.7 Å². The predicted octanol–water partition coefficient (Wildman–Crippen LogP) is 2.41. The lowest BCUT2D eigenvalue weighted by Gasteiger charge is -2.34.